The van der Waals surface area contributed by atoms with Crippen LogP contribution in [0.2, 0.25) is 0 Å². The molecule has 0 aliphatic heterocycles. The molecule has 1 N–H and O–H groups in total. The van der Waals surface area contributed by atoms with Gasteiger partial charge in [-0.3, -0.25) is 0 Å². The molecule has 0 amide bonds. The van der Waals surface area contributed by atoms with Gasteiger partial charge in [-0.05, 0) is 19.3 Å². The minimum Gasteiger partial charge on any atom is -0.393 e. The van der Waals surface area contributed by atoms with E-state index in [1.165, 1.54) is 32.1 Å². The summed E-state index contributed by atoms with van der Waals surface area (Å²) in [7, 11) is 0. The van der Waals surface area contributed by atoms with Crippen LogP contribution in [0.15, 0.2) is 12.2 Å². The summed E-state index contributed by atoms with van der Waals surface area (Å²) < 4.78 is 0. The largest absolute Gasteiger partial charge is 0.393 e. The Balaban J connectivity index is 3.24. The van der Waals surface area contributed by atoms with Crippen LogP contribution in [0.5, 0.6) is 0 Å². The van der Waals surface area contributed by atoms with Gasteiger partial charge in [-0.15, -0.1) is 0 Å². The summed E-state index contributed by atoms with van der Waals surface area (Å²) >= 11 is 0. The van der Waals surface area contributed by atoms with Gasteiger partial charge in [0.15, 0.2) is 0 Å². The zero-order valence-corrected chi connectivity index (χ0v) is 9.84. The average molecular weight is 198 g/mol. The van der Waals surface area contributed by atoms with Gasteiger partial charge in [0, 0.05) is 0 Å². The number of unbranched alkanes of at least 4 members (excludes halogenated alkanes) is 4. The van der Waals surface area contributed by atoms with Crippen molar-refractivity contribution in [3.8, 4) is 0 Å². The molecule has 14 heavy (non-hydrogen) atoms. The zero-order chi connectivity index (χ0) is 10.6. The van der Waals surface area contributed by atoms with Gasteiger partial charge in [0.2, 0.25) is 0 Å². The third-order valence-corrected chi connectivity index (χ3v) is 2.44. The second-order valence-electron chi connectivity index (χ2n) is 4.00. The highest BCUT2D eigenvalue weighted by Crippen LogP contribution is 2.07. The van der Waals surface area contributed by atoms with E-state index in [1.54, 1.807) is 0 Å². The van der Waals surface area contributed by atoms with Crippen molar-refractivity contribution < 1.29 is 5.11 Å². The topological polar surface area (TPSA) is 20.2 Å². The monoisotopic (exact) mass is 198 g/mol. The summed E-state index contributed by atoms with van der Waals surface area (Å²) in [4.78, 5) is 0. The first-order chi connectivity index (χ1) is 6.81. The Bertz CT molecular complexity index is 129. The van der Waals surface area contributed by atoms with Gasteiger partial charge in [-0.1, -0.05) is 58.1 Å². The molecule has 0 saturated heterocycles. The van der Waals surface area contributed by atoms with E-state index >= 15 is 0 Å². The molecule has 0 saturated carbocycles. The van der Waals surface area contributed by atoms with Crippen LogP contribution in [-0.2, 0) is 0 Å². The zero-order valence-electron chi connectivity index (χ0n) is 9.84. The van der Waals surface area contributed by atoms with E-state index in [0.717, 1.165) is 19.3 Å². The number of aliphatic hydroxyl groups is 1. The smallest absolute Gasteiger partial charge is 0.0574 e. The summed E-state index contributed by atoms with van der Waals surface area (Å²) in [5, 5.41) is 9.58. The van der Waals surface area contributed by atoms with Crippen LogP contribution in [0.3, 0.4) is 0 Å². The van der Waals surface area contributed by atoms with Crippen molar-refractivity contribution in [2.75, 3.05) is 0 Å². The Morgan fingerprint density at radius 2 is 1.71 bits per heavy atom. The van der Waals surface area contributed by atoms with Crippen LogP contribution in [0.1, 0.15) is 65.2 Å². The highest BCUT2D eigenvalue weighted by Gasteiger charge is 1.99. The van der Waals surface area contributed by atoms with Crippen molar-refractivity contribution in [2.24, 2.45) is 0 Å². The maximum atomic E-state index is 9.58. The molecule has 0 aliphatic carbocycles. The summed E-state index contributed by atoms with van der Waals surface area (Å²) in [6, 6.07) is 0. The summed E-state index contributed by atoms with van der Waals surface area (Å²) in [6.07, 6.45) is 13.4. The first kappa shape index (κ1) is 13.7. The van der Waals surface area contributed by atoms with Gasteiger partial charge >= 0.3 is 0 Å². The van der Waals surface area contributed by atoms with Crippen molar-refractivity contribution in [3.05, 3.63) is 12.2 Å². The lowest BCUT2D eigenvalue weighted by Crippen LogP contribution is -2.04. The first-order valence-electron chi connectivity index (χ1n) is 6.14. The predicted octanol–water partition coefficient (Wildman–Crippen LogP) is 4.06. The van der Waals surface area contributed by atoms with E-state index < -0.39 is 0 Å². The predicted molar refractivity (Wildman–Crippen MR) is 63.4 cm³/mol. The number of allylic oxidation sites excluding steroid dienone is 1. The molecule has 1 heteroatoms. The highest BCUT2D eigenvalue weighted by molar-refractivity contribution is 4.83. The molecule has 0 spiro atoms. The molecule has 1 unspecified atom stereocenters. The molecule has 1 nitrogen and oxygen atoms in total. The van der Waals surface area contributed by atoms with Crippen molar-refractivity contribution in [3.63, 3.8) is 0 Å². The Morgan fingerprint density at radius 1 is 1.00 bits per heavy atom. The molecule has 0 heterocycles. The van der Waals surface area contributed by atoms with E-state index in [4.69, 9.17) is 0 Å². The van der Waals surface area contributed by atoms with Crippen LogP contribution in [0.4, 0.5) is 0 Å². The van der Waals surface area contributed by atoms with Crippen LogP contribution in [0, 0.1) is 0 Å². The quantitative estimate of drug-likeness (QED) is 0.437. The van der Waals surface area contributed by atoms with Gasteiger partial charge in [0.1, 0.15) is 0 Å². The van der Waals surface area contributed by atoms with E-state index in [1.807, 2.05) is 0 Å². The first-order valence-corrected chi connectivity index (χ1v) is 6.14. The number of aliphatic hydroxyl groups excluding tert-OH is 1. The lowest BCUT2D eigenvalue weighted by atomic mass is 10.1. The molecule has 84 valence electrons. The number of hydrogen-bond acceptors (Lipinski definition) is 1. The molecule has 1 atom stereocenters. The van der Waals surface area contributed by atoms with Crippen molar-refractivity contribution in [1.29, 1.82) is 0 Å². The second-order valence-corrected chi connectivity index (χ2v) is 4.00. The summed E-state index contributed by atoms with van der Waals surface area (Å²) in [5.41, 5.74) is 0. The minimum atomic E-state index is -0.112. The standard InChI is InChI=1S/C13H26O/c1-3-5-7-8-10-12-13(14)11-9-6-4-2/h8,10,13-14H,3-7,9,11-12H2,1-2H3/b10-8+. The highest BCUT2D eigenvalue weighted by atomic mass is 16.3. The van der Waals surface area contributed by atoms with Gasteiger partial charge in [-0.2, -0.15) is 0 Å². The third kappa shape index (κ3) is 9.79. The summed E-state index contributed by atoms with van der Waals surface area (Å²) in [5.74, 6) is 0. The maximum absolute atomic E-state index is 9.58. The normalized spacial score (nSPS) is 13.6. The number of hydrogen-bond donors (Lipinski definition) is 1. The third-order valence-electron chi connectivity index (χ3n) is 2.44. The number of rotatable bonds is 9. The molecule has 0 aliphatic rings. The van der Waals surface area contributed by atoms with Gasteiger partial charge in [0.05, 0.1) is 6.10 Å². The molecule has 0 fully saturated rings. The van der Waals surface area contributed by atoms with E-state index in [9.17, 15) is 5.11 Å². The molecular formula is C13H26O. The molecule has 0 aromatic rings. The Morgan fingerprint density at radius 3 is 2.36 bits per heavy atom. The molecule has 0 rings (SSSR count). The fourth-order valence-electron chi connectivity index (χ4n) is 1.44. The second kappa shape index (κ2) is 10.8. The van der Waals surface area contributed by atoms with Crippen LogP contribution in [-0.4, -0.2) is 11.2 Å². The van der Waals surface area contributed by atoms with Crippen LogP contribution < -0.4 is 0 Å². The van der Waals surface area contributed by atoms with Crippen molar-refractivity contribution >= 4 is 0 Å². The lowest BCUT2D eigenvalue weighted by Gasteiger charge is -2.06. The van der Waals surface area contributed by atoms with Gasteiger partial charge in [-0.25, -0.2) is 0 Å². The van der Waals surface area contributed by atoms with E-state index in [-0.39, 0.29) is 6.10 Å². The minimum absolute atomic E-state index is 0.112. The summed E-state index contributed by atoms with van der Waals surface area (Å²) in [6.45, 7) is 4.39. The maximum Gasteiger partial charge on any atom is 0.0574 e. The fraction of sp³-hybridized carbons (Fsp3) is 0.846. The SMILES string of the molecule is CCCC/C=C/CC(O)CCCCC. The van der Waals surface area contributed by atoms with Crippen LogP contribution in [0.25, 0.3) is 0 Å². The molecular weight excluding hydrogens is 172 g/mol. The average Bonchev–Trinajstić information content (AvgIpc) is 2.18. The van der Waals surface area contributed by atoms with Crippen molar-refractivity contribution in [2.45, 2.75) is 71.3 Å². The lowest BCUT2D eigenvalue weighted by molar-refractivity contribution is 0.164. The van der Waals surface area contributed by atoms with E-state index in [0.29, 0.717) is 0 Å². The Kier molecular flexibility index (Phi) is 10.5. The van der Waals surface area contributed by atoms with Crippen LogP contribution >= 0.6 is 0 Å². The molecule has 0 aromatic carbocycles. The van der Waals surface area contributed by atoms with Crippen molar-refractivity contribution in [1.82, 2.24) is 0 Å². The van der Waals surface area contributed by atoms with E-state index in [2.05, 4.69) is 26.0 Å². The Hall–Kier alpha value is -0.300. The fourth-order valence-corrected chi connectivity index (χ4v) is 1.44. The van der Waals surface area contributed by atoms with Gasteiger partial charge in [0.25, 0.3) is 0 Å². The molecule has 0 radical (unpaired) electrons. The molecule has 0 aromatic heterocycles. The molecule has 0 bridgehead atoms. The Labute approximate surface area is 89.2 Å². The van der Waals surface area contributed by atoms with Gasteiger partial charge < -0.3 is 5.11 Å².